The monoisotopic (exact) mass is 226 g/mol. The minimum Gasteiger partial charge on any atom is -0.369 e. The number of carbonyl (C=O) groups is 1. The number of hydrogen-bond acceptors (Lipinski definition) is 2. The lowest BCUT2D eigenvalue weighted by Crippen LogP contribution is -2.29. The van der Waals surface area contributed by atoms with Gasteiger partial charge in [-0.3, -0.25) is 9.78 Å². The molecule has 1 aliphatic carbocycles. The number of amides is 1. The van der Waals surface area contributed by atoms with Crippen molar-refractivity contribution < 1.29 is 4.79 Å². The van der Waals surface area contributed by atoms with Gasteiger partial charge in [-0.25, -0.2) is 0 Å². The fraction of sp³-hybridized carbons (Fsp3) is 0.286. The number of hydrogen-bond donors (Lipinski definition) is 1. The topological polar surface area (TPSA) is 56.0 Å². The highest BCUT2D eigenvalue weighted by molar-refractivity contribution is 5.81. The third-order valence-electron chi connectivity index (χ3n) is 3.49. The second-order valence-corrected chi connectivity index (χ2v) is 4.63. The smallest absolute Gasteiger partial charge is 0.220 e. The van der Waals surface area contributed by atoms with Gasteiger partial charge >= 0.3 is 0 Å². The predicted molar refractivity (Wildman–Crippen MR) is 66.5 cm³/mol. The summed E-state index contributed by atoms with van der Waals surface area (Å²) in [7, 11) is 0. The van der Waals surface area contributed by atoms with E-state index >= 15 is 0 Å². The molecule has 1 aromatic heterocycles. The van der Waals surface area contributed by atoms with E-state index in [1.54, 1.807) is 0 Å². The maximum absolute atomic E-state index is 11.2. The Hall–Kier alpha value is -1.90. The molecule has 0 saturated carbocycles. The highest BCUT2D eigenvalue weighted by atomic mass is 16.1. The van der Waals surface area contributed by atoms with Crippen LogP contribution in [0.15, 0.2) is 30.3 Å². The van der Waals surface area contributed by atoms with Crippen LogP contribution in [0.5, 0.6) is 0 Å². The molecule has 1 unspecified atom stereocenters. The molecule has 3 nitrogen and oxygen atoms in total. The molecule has 1 heterocycles. The number of primary amides is 1. The van der Waals surface area contributed by atoms with E-state index in [1.807, 2.05) is 18.2 Å². The van der Waals surface area contributed by atoms with E-state index in [9.17, 15) is 4.79 Å². The molecule has 1 amide bonds. The molecule has 0 bridgehead atoms. The molecular weight excluding hydrogens is 212 g/mol. The van der Waals surface area contributed by atoms with Crippen molar-refractivity contribution >= 4 is 16.8 Å². The van der Waals surface area contributed by atoms with Crippen LogP contribution in [0, 0.1) is 5.92 Å². The lowest BCUT2D eigenvalue weighted by molar-refractivity contribution is -0.122. The van der Waals surface area contributed by atoms with Crippen LogP contribution in [-0.2, 0) is 17.6 Å². The first-order valence-corrected chi connectivity index (χ1v) is 5.91. The summed E-state index contributed by atoms with van der Waals surface area (Å²) < 4.78 is 0. The van der Waals surface area contributed by atoms with E-state index in [1.165, 1.54) is 5.56 Å². The van der Waals surface area contributed by atoms with Gasteiger partial charge in [0.05, 0.1) is 5.52 Å². The van der Waals surface area contributed by atoms with Crippen LogP contribution in [0.4, 0.5) is 0 Å². The van der Waals surface area contributed by atoms with Gasteiger partial charge < -0.3 is 5.73 Å². The van der Waals surface area contributed by atoms with Gasteiger partial charge in [-0.15, -0.1) is 0 Å². The average Bonchev–Trinajstić information content (AvgIpc) is 2.35. The standard InChI is InChI=1S/C14H14N2O/c15-14(17)10-5-6-13-11(8-10)7-9-3-1-2-4-12(9)16-13/h1-4,7,10H,5-6,8H2,(H2,15,17). The summed E-state index contributed by atoms with van der Waals surface area (Å²) in [5.74, 6) is -0.214. The number of nitrogens with zero attached hydrogens (tertiary/aromatic N) is 1. The van der Waals surface area contributed by atoms with Crippen LogP contribution >= 0.6 is 0 Å². The molecule has 0 aliphatic heterocycles. The Balaban J connectivity index is 2.07. The Morgan fingerprint density at radius 1 is 1.35 bits per heavy atom. The van der Waals surface area contributed by atoms with E-state index in [2.05, 4.69) is 17.1 Å². The maximum Gasteiger partial charge on any atom is 0.220 e. The van der Waals surface area contributed by atoms with Crippen LogP contribution in [0.2, 0.25) is 0 Å². The Morgan fingerprint density at radius 2 is 2.18 bits per heavy atom. The van der Waals surface area contributed by atoms with Crippen molar-refractivity contribution in [2.45, 2.75) is 19.3 Å². The van der Waals surface area contributed by atoms with Crippen molar-refractivity contribution in [3.63, 3.8) is 0 Å². The molecule has 3 heteroatoms. The zero-order valence-electron chi connectivity index (χ0n) is 9.52. The molecule has 1 aromatic carbocycles. The summed E-state index contributed by atoms with van der Waals surface area (Å²) in [6.45, 7) is 0. The molecule has 2 N–H and O–H groups in total. The molecule has 2 aromatic rings. The zero-order chi connectivity index (χ0) is 11.8. The molecule has 0 spiro atoms. The van der Waals surface area contributed by atoms with Gasteiger partial charge in [-0.05, 0) is 37.0 Å². The third-order valence-corrected chi connectivity index (χ3v) is 3.49. The normalized spacial score (nSPS) is 18.9. The van der Waals surface area contributed by atoms with Crippen molar-refractivity contribution in [1.29, 1.82) is 0 Å². The highest BCUT2D eigenvalue weighted by Gasteiger charge is 2.23. The molecule has 17 heavy (non-hydrogen) atoms. The van der Waals surface area contributed by atoms with Gasteiger partial charge in [-0.1, -0.05) is 18.2 Å². The Bertz CT molecular complexity index is 592. The molecule has 86 valence electrons. The number of pyridine rings is 1. The number of fused-ring (bicyclic) bond motifs is 2. The van der Waals surface area contributed by atoms with Gasteiger partial charge in [0.25, 0.3) is 0 Å². The first-order valence-electron chi connectivity index (χ1n) is 5.91. The Labute approximate surface area is 99.7 Å². The van der Waals surface area contributed by atoms with E-state index in [0.29, 0.717) is 0 Å². The van der Waals surface area contributed by atoms with Crippen molar-refractivity contribution in [2.75, 3.05) is 0 Å². The zero-order valence-corrected chi connectivity index (χ0v) is 9.52. The van der Waals surface area contributed by atoms with Crippen molar-refractivity contribution in [2.24, 2.45) is 11.7 Å². The van der Waals surface area contributed by atoms with Gasteiger partial charge in [0.2, 0.25) is 5.91 Å². The lowest BCUT2D eigenvalue weighted by atomic mass is 9.85. The fourth-order valence-electron chi connectivity index (χ4n) is 2.51. The summed E-state index contributed by atoms with van der Waals surface area (Å²) in [4.78, 5) is 15.9. The van der Waals surface area contributed by atoms with Crippen LogP contribution in [0.3, 0.4) is 0 Å². The van der Waals surface area contributed by atoms with Gasteiger partial charge in [0, 0.05) is 17.0 Å². The number of aromatic nitrogens is 1. The number of nitrogens with two attached hydrogens (primary N) is 1. The molecule has 1 aliphatic rings. The van der Waals surface area contributed by atoms with Gasteiger partial charge in [-0.2, -0.15) is 0 Å². The number of para-hydroxylation sites is 1. The summed E-state index contributed by atoms with van der Waals surface area (Å²) in [5, 5.41) is 1.14. The van der Waals surface area contributed by atoms with Crippen molar-refractivity contribution in [1.82, 2.24) is 4.98 Å². The number of aryl methyl sites for hydroxylation is 1. The molecule has 0 fully saturated rings. The van der Waals surface area contributed by atoms with Crippen LogP contribution < -0.4 is 5.73 Å². The second kappa shape index (κ2) is 3.84. The van der Waals surface area contributed by atoms with Crippen LogP contribution in [0.25, 0.3) is 10.9 Å². The molecule has 1 atom stereocenters. The van der Waals surface area contributed by atoms with Crippen LogP contribution in [-0.4, -0.2) is 10.9 Å². The maximum atomic E-state index is 11.2. The molecular formula is C14H14N2O. The lowest BCUT2D eigenvalue weighted by Gasteiger charge is -2.21. The molecule has 3 rings (SSSR count). The largest absolute Gasteiger partial charge is 0.369 e. The minimum atomic E-state index is -0.191. The minimum absolute atomic E-state index is 0.0227. The summed E-state index contributed by atoms with van der Waals surface area (Å²) >= 11 is 0. The van der Waals surface area contributed by atoms with E-state index in [0.717, 1.165) is 35.9 Å². The second-order valence-electron chi connectivity index (χ2n) is 4.63. The summed E-state index contributed by atoms with van der Waals surface area (Å²) in [5.41, 5.74) is 8.71. The first-order chi connectivity index (χ1) is 8.24. The van der Waals surface area contributed by atoms with E-state index in [-0.39, 0.29) is 11.8 Å². The van der Waals surface area contributed by atoms with Gasteiger partial charge in [0.1, 0.15) is 0 Å². The van der Waals surface area contributed by atoms with E-state index in [4.69, 9.17) is 5.73 Å². The third kappa shape index (κ3) is 1.78. The van der Waals surface area contributed by atoms with Gasteiger partial charge in [0.15, 0.2) is 0 Å². The Morgan fingerprint density at radius 3 is 3.00 bits per heavy atom. The predicted octanol–water partition coefficient (Wildman–Crippen LogP) is 1.82. The fourth-order valence-corrected chi connectivity index (χ4v) is 2.51. The summed E-state index contributed by atoms with van der Waals surface area (Å²) in [6.07, 6.45) is 2.42. The number of rotatable bonds is 1. The molecule has 0 saturated heterocycles. The molecule has 0 radical (unpaired) electrons. The number of benzene rings is 1. The van der Waals surface area contributed by atoms with Crippen LogP contribution in [0.1, 0.15) is 17.7 Å². The quantitative estimate of drug-likeness (QED) is 0.806. The summed E-state index contributed by atoms with van der Waals surface area (Å²) in [6, 6.07) is 10.2. The first kappa shape index (κ1) is 10.3. The Kier molecular flexibility index (Phi) is 2.32. The van der Waals surface area contributed by atoms with E-state index < -0.39 is 0 Å². The highest BCUT2D eigenvalue weighted by Crippen LogP contribution is 2.27. The average molecular weight is 226 g/mol. The van der Waals surface area contributed by atoms with Crippen molar-refractivity contribution in [3.05, 3.63) is 41.6 Å². The van der Waals surface area contributed by atoms with Crippen molar-refractivity contribution in [3.8, 4) is 0 Å². The number of carbonyl (C=O) groups excluding carboxylic acids is 1. The SMILES string of the molecule is NC(=O)C1CCc2nc3ccccc3cc2C1.